The first kappa shape index (κ1) is 15.9. The number of nitro benzene ring substituents is 1. The summed E-state index contributed by atoms with van der Waals surface area (Å²) >= 11 is 0. The Labute approximate surface area is 116 Å². The molecule has 0 aromatic heterocycles. The number of benzene rings is 1. The zero-order valence-corrected chi connectivity index (χ0v) is 11.5. The topological polar surface area (TPSA) is 118 Å². The third kappa shape index (κ3) is 4.20. The fourth-order valence-electron chi connectivity index (χ4n) is 1.89. The van der Waals surface area contributed by atoms with Crippen molar-refractivity contribution in [3.63, 3.8) is 0 Å². The lowest BCUT2D eigenvalue weighted by atomic mass is 9.96. The van der Waals surface area contributed by atoms with Crippen molar-refractivity contribution in [1.82, 2.24) is 0 Å². The fourth-order valence-corrected chi connectivity index (χ4v) is 1.89. The molecular formula is C13H19N3O4. The summed E-state index contributed by atoms with van der Waals surface area (Å²) in [5.41, 5.74) is 5.27. The van der Waals surface area contributed by atoms with Crippen molar-refractivity contribution in [3.8, 4) is 5.75 Å². The summed E-state index contributed by atoms with van der Waals surface area (Å²) < 4.78 is 0. The van der Waals surface area contributed by atoms with Gasteiger partial charge in [0.05, 0.1) is 16.9 Å². The molecular weight excluding hydrogens is 262 g/mol. The maximum atomic E-state index is 12.1. The lowest BCUT2D eigenvalue weighted by Crippen LogP contribution is -2.30. The number of amides is 1. The van der Waals surface area contributed by atoms with Crippen LogP contribution in [0.15, 0.2) is 18.2 Å². The number of hydrogen-bond acceptors (Lipinski definition) is 5. The molecule has 0 spiro atoms. The van der Waals surface area contributed by atoms with Crippen molar-refractivity contribution < 1.29 is 14.8 Å². The quantitative estimate of drug-likeness (QED) is 0.418. The van der Waals surface area contributed by atoms with Gasteiger partial charge in [-0.25, -0.2) is 0 Å². The Morgan fingerprint density at radius 1 is 1.50 bits per heavy atom. The molecule has 1 rings (SSSR count). The van der Waals surface area contributed by atoms with E-state index in [0.29, 0.717) is 12.3 Å². The van der Waals surface area contributed by atoms with Gasteiger partial charge in [-0.15, -0.1) is 0 Å². The zero-order valence-electron chi connectivity index (χ0n) is 11.5. The highest BCUT2D eigenvalue weighted by Crippen LogP contribution is 2.29. The molecule has 0 aliphatic rings. The van der Waals surface area contributed by atoms with E-state index < -0.39 is 10.8 Å². The van der Waals surface area contributed by atoms with Gasteiger partial charge in [-0.2, -0.15) is 0 Å². The standard InChI is InChI=1S/C13H19N3O4/c1-8(2)5-9(7-14)13(18)15-11-4-3-10(17)6-12(11)16(19)20/h3-4,6,8-9,17H,5,7,14H2,1-2H3,(H,15,18). The predicted octanol–water partition coefficient (Wildman–Crippen LogP) is 1.86. The minimum atomic E-state index is -0.658. The van der Waals surface area contributed by atoms with Gasteiger partial charge in [0.1, 0.15) is 11.4 Å². The first-order valence-corrected chi connectivity index (χ1v) is 6.33. The van der Waals surface area contributed by atoms with Crippen LogP contribution in [-0.4, -0.2) is 22.5 Å². The van der Waals surface area contributed by atoms with Crippen molar-refractivity contribution in [1.29, 1.82) is 0 Å². The molecule has 1 unspecified atom stereocenters. The smallest absolute Gasteiger partial charge is 0.296 e. The van der Waals surface area contributed by atoms with E-state index in [1.54, 1.807) is 0 Å². The van der Waals surface area contributed by atoms with Crippen molar-refractivity contribution in [3.05, 3.63) is 28.3 Å². The van der Waals surface area contributed by atoms with Crippen LogP contribution in [0.3, 0.4) is 0 Å². The van der Waals surface area contributed by atoms with Crippen LogP contribution < -0.4 is 11.1 Å². The summed E-state index contributed by atoms with van der Waals surface area (Å²) in [6, 6.07) is 3.58. The highest BCUT2D eigenvalue weighted by Gasteiger charge is 2.22. The van der Waals surface area contributed by atoms with Gasteiger partial charge >= 0.3 is 0 Å². The molecule has 1 atom stereocenters. The number of hydrogen-bond donors (Lipinski definition) is 3. The molecule has 1 amide bonds. The summed E-state index contributed by atoms with van der Waals surface area (Å²) in [5, 5.41) is 22.7. The van der Waals surface area contributed by atoms with Crippen LogP contribution in [0.2, 0.25) is 0 Å². The molecule has 4 N–H and O–H groups in total. The Hall–Kier alpha value is -2.15. The first-order valence-electron chi connectivity index (χ1n) is 6.33. The van der Waals surface area contributed by atoms with E-state index >= 15 is 0 Å². The van der Waals surface area contributed by atoms with Crippen LogP contribution in [0, 0.1) is 22.0 Å². The van der Waals surface area contributed by atoms with E-state index in [2.05, 4.69) is 5.32 Å². The number of aromatic hydroxyl groups is 1. The van der Waals surface area contributed by atoms with E-state index in [4.69, 9.17) is 5.73 Å². The zero-order chi connectivity index (χ0) is 15.3. The van der Waals surface area contributed by atoms with E-state index in [1.807, 2.05) is 13.8 Å². The average molecular weight is 281 g/mol. The second-order valence-corrected chi connectivity index (χ2v) is 5.01. The van der Waals surface area contributed by atoms with Gasteiger partial charge in [0.2, 0.25) is 5.91 Å². The maximum absolute atomic E-state index is 12.1. The van der Waals surface area contributed by atoms with E-state index in [-0.39, 0.29) is 29.6 Å². The molecule has 0 saturated heterocycles. The molecule has 1 aromatic carbocycles. The molecule has 1 aromatic rings. The third-order valence-corrected chi connectivity index (χ3v) is 2.85. The van der Waals surface area contributed by atoms with Gasteiger partial charge in [0.25, 0.3) is 5.69 Å². The Kier molecular flexibility index (Phi) is 5.45. The second-order valence-electron chi connectivity index (χ2n) is 5.01. The van der Waals surface area contributed by atoms with E-state index in [0.717, 1.165) is 6.07 Å². The van der Waals surface area contributed by atoms with Gasteiger partial charge in [-0.1, -0.05) is 13.8 Å². The van der Waals surface area contributed by atoms with Gasteiger partial charge in [-0.3, -0.25) is 14.9 Å². The molecule has 7 nitrogen and oxygen atoms in total. The van der Waals surface area contributed by atoms with Crippen LogP contribution in [0.1, 0.15) is 20.3 Å². The van der Waals surface area contributed by atoms with Gasteiger partial charge in [0, 0.05) is 6.54 Å². The summed E-state index contributed by atoms with van der Waals surface area (Å²) in [6.45, 7) is 4.12. The number of anilines is 1. The molecule has 0 heterocycles. The largest absolute Gasteiger partial charge is 0.508 e. The molecule has 0 aliphatic carbocycles. The number of carbonyl (C=O) groups is 1. The Morgan fingerprint density at radius 2 is 2.15 bits per heavy atom. The minimum Gasteiger partial charge on any atom is -0.508 e. The molecule has 0 aliphatic heterocycles. The molecule has 0 radical (unpaired) electrons. The number of phenols is 1. The number of phenolic OH excluding ortho intramolecular Hbond substituents is 1. The number of rotatable bonds is 6. The normalized spacial score (nSPS) is 12.2. The third-order valence-electron chi connectivity index (χ3n) is 2.85. The van der Waals surface area contributed by atoms with Crippen LogP contribution in [0.4, 0.5) is 11.4 Å². The van der Waals surface area contributed by atoms with Gasteiger partial charge in [-0.05, 0) is 24.5 Å². The molecule has 7 heteroatoms. The molecule has 0 saturated carbocycles. The molecule has 110 valence electrons. The van der Waals surface area contributed by atoms with Crippen molar-refractivity contribution in [2.24, 2.45) is 17.6 Å². The monoisotopic (exact) mass is 281 g/mol. The van der Waals surface area contributed by atoms with E-state index in [9.17, 15) is 20.0 Å². The average Bonchev–Trinajstić information content (AvgIpc) is 2.37. The summed E-state index contributed by atoms with van der Waals surface area (Å²) in [4.78, 5) is 22.3. The highest BCUT2D eigenvalue weighted by molar-refractivity contribution is 5.95. The van der Waals surface area contributed by atoms with Crippen LogP contribution in [0.25, 0.3) is 0 Å². The predicted molar refractivity (Wildman–Crippen MR) is 75.4 cm³/mol. The maximum Gasteiger partial charge on any atom is 0.296 e. The van der Waals surface area contributed by atoms with Crippen LogP contribution >= 0.6 is 0 Å². The van der Waals surface area contributed by atoms with E-state index in [1.165, 1.54) is 12.1 Å². The first-order chi connectivity index (χ1) is 9.35. The second kappa shape index (κ2) is 6.85. The number of nitro groups is 1. The lowest BCUT2D eigenvalue weighted by molar-refractivity contribution is -0.384. The molecule has 0 bridgehead atoms. The van der Waals surface area contributed by atoms with Crippen LogP contribution in [0.5, 0.6) is 5.75 Å². The summed E-state index contributed by atoms with van der Waals surface area (Å²) in [5.74, 6) is -0.685. The highest BCUT2D eigenvalue weighted by atomic mass is 16.6. The van der Waals surface area contributed by atoms with Gasteiger partial charge < -0.3 is 16.2 Å². The van der Waals surface area contributed by atoms with Gasteiger partial charge in [0.15, 0.2) is 0 Å². The summed E-state index contributed by atoms with van der Waals surface area (Å²) in [7, 11) is 0. The Bertz CT molecular complexity index is 502. The SMILES string of the molecule is CC(C)CC(CN)C(=O)Nc1ccc(O)cc1[N+](=O)[O-]. The van der Waals surface area contributed by atoms with Crippen LogP contribution in [-0.2, 0) is 4.79 Å². The number of nitrogens with one attached hydrogen (secondary N) is 1. The Balaban J connectivity index is 2.92. The van der Waals surface area contributed by atoms with Crippen molar-refractivity contribution in [2.45, 2.75) is 20.3 Å². The number of nitrogens with zero attached hydrogens (tertiary/aromatic N) is 1. The molecule has 20 heavy (non-hydrogen) atoms. The van der Waals surface area contributed by atoms with Crippen molar-refractivity contribution >= 4 is 17.3 Å². The fraction of sp³-hybridized carbons (Fsp3) is 0.462. The number of carbonyl (C=O) groups excluding carboxylic acids is 1. The minimum absolute atomic E-state index is 0.0556. The lowest BCUT2D eigenvalue weighted by Gasteiger charge is -2.16. The molecule has 0 fully saturated rings. The summed E-state index contributed by atoms with van der Waals surface area (Å²) in [6.07, 6.45) is 0.605. The Morgan fingerprint density at radius 3 is 2.65 bits per heavy atom. The number of nitrogens with two attached hydrogens (primary N) is 1. The van der Waals surface area contributed by atoms with Crippen molar-refractivity contribution in [2.75, 3.05) is 11.9 Å².